The molecule has 0 aromatic rings. The number of hydrogen-bond donors (Lipinski definition) is 0. The van der Waals surface area contributed by atoms with Crippen molar-refractivity contribution in [3.63, 3.8) is 0 Å². The fourth-order valence-electron chi connectivity index (χ4n) is 0.362. The fraction of sp³-hybridized carbons (Fsp3) is 0.667. The van der Waals surface area contributed by atoms with Gasteiger partial charge in [0.1, 0.15) is 6.54 Å². The molecule has 3 nitrogen and oxygen atoms in total. The second-order valence-corrected chi connectivity index (χ2v) is 1.43. The van der Waals surface area contributed by atoms with Crippen molar-refractivity contribution in [2.24, 2.45) is 15.4 Å². The summed E-state index contributed by atoms with van der Waals surface area (Å²) < 4.78 is 34.5. The maximum absolute atomic E-state index is 11.5. The largest absolute Gasteiger partial charge is 0.433 e. The van der Waals surface area contributed by atoms with Gasteiger partial charge in [-0.15, -0.1) is 5.10 Å². The van der Waals surface area contributed by atoms with Gasteiger partial charge in [0, 0.05) is 0 Å². The van der Waals surface area contributed by atoms with Gasteiger partial charge in [-0.1, -0.05) is 0 Å². The molecule has 6 heteroatoms. The lowest BCUT2D eigenvalue weighted by Gasteiger charge is -2.00. The Morgan fingerprint density at radius 2 is 2.00 bits per heavy atom. The lowest BCUT2D eigenvalue weighted by Crippen LogP contribution is -2.23. The molecule has 0 amide bonds. The molecule has 50 valence electrons. The van der Waals surface area contributed by atoms with E-state index in [-0.39, 0.29) is 0 Å². The number of alkyl halides is 3. The minimum Gasteiger partial charge on any atom is -0.165 e. The Kier molecular flexibility index (Phi) is 1.22. The first-order valence-electron chi connectivity index (χ1n) is 2.11. The second kappa shape index (κ2) is 1.78. The van der Waals surface area contributed by atoms with Crippen LogP contribution in [0, 0.1) is 0 Å². The summed E-state index contributed by atoms with van der Waals surface area (Å²) in [6, 6.07) is 0. The molecule has 0 aromatic carbocycles. The molecule has 1 rings (SSSR count). The first-order chi connectivity index (χ1) is 4.11. The first-order valence-corrected chi connectivity index (χ1v) is 2.11. The van der Waals surface area contributed by atoms with Crippen LogP contribution in [0.2, 0.25) is 0 Å². The Hall–Kier alpha value is -0.940. The maximum Gasteiger partial charge on any atom is 0.433 e. The molecule has 0 radical (unpaired) electrons. The number of nitrogens with zero attached hydrogens (tertiary/aromatic N) is 3. The number of hydrogen-bond acceptors (Lipinski definition) is 3. The highest BCUT2D eigenvalue weighted by Gasteiger charge is 2.37. The summed E-state index contributed by atoms with van der Waals surface area (Å²) >= 11 is 0. The molecule has 0 spiro atoms. The molecule has 0 unspecified atom stereocenters. The van der Waals surface area contributed by atoms with Gasteiger partial charge in [0.25, 0.3) is 0 Å². The molecule has 0 atom stereocenters. The Balaban J connectivity index is 2.66. The van der Waals surface area contributed by atoms with Crippen LogP contribution in [-0.4, -0.2) is 18.4 Å². The zero-order valence-electron chi connectivity index (χ0n) is 4.18. The second-order valence-electron chi connectivity index (χ2n) is 1.43. The molecular formula is C3H2F3N3. The zero-order valence-corrected chi connectivity index (χ0v) is 4.18. The summed E-state index contributed by atoms with van der Waals surface area (Å²) in [5.74, 6) is 0. The van der Waals surface area contributed by atoms with Gasteiger partial charge in [0.05, 0.1) is 0 Å². The molecule has 0 aromatic heterocycles. The lowest BCUT2D eigenvalue weighted by atomic mass is 10.4. The van der Waals surface area contributed by atoms with Gasteiger partial charge < -0.3 is 0 Å². The van der Waals surface area contributed by atoms with Crippen molar-refractivity contribution in [3.8, 4) is 0 Å². The van der Waals surface area contributed by atoms with Crippen LogP contribution >= 0.6 is 0 Å². The molecular weight excluding hydrogens is 135 g/mol. The quantitative estimate of drug-likeness (QED) is 0.483. The zero-order chi connectivity index (χ0) is 6.91. The monoisotopic (exact) mass is 137 g/mol. The van der Waals surface area contributed by atoms with Gasteiger partial charge in [0.15, 0.2) is 5.71 Å². The number of halogens is 3. The van der Waals surface area contributed by atoms with Gasteiger partial charge in [-0.05, 0) is 5.22 Å². The summed E-state index contributed by atoms with van der Waals surface area (Å²) in [5.41, 5.74) is -0.928. The average Bonchev–Trinajstić information content (AvgIpc) is 2.08. The predicted molar refractivity (Wildman–Crippen MR) is 23.2 cm³/mol. The Labute approximate surface area is 48.3 Å². The Bertz CT molecular complexity index is 168. The van der Waals surface area contributed by atoms with Crippen LogP contribution in [0.3, 0.4) is 0 Å². The molecule has 0 aliphatic carbocycles. The smallest absolute Gasteiger partial charge is 0.165 e. The number of rotatable bonds is 0. The summed E-state index contributed by atoms with van der Waals surface area (Å²) in [4.78, 5) is 0. The summed E-state index contributed by atoms with van der Waals surface area (Å²) in [7, 11) is 0. The van der Waals surface area contributed by atoms with Crippen molar-refractivity contribution in [2.75, 3.05) is 6.54 Å². The predicted octanol–water partition coefficient (Wildman–Crippen LogP) is 1.37. The Morgan fingerprint density at radius 3 is 2.22 bits per heavy atom. The van der Waals surface area contributed by atoms with Crippen molar-refractivity contribution in [3.05, 3.63) is 0 Å². The topological polar surface area (TPSA) is 37.1 Å². The molecule has 9 heavy (non-hydrogen) atoms. The molecule has 1 aliphatic rings. The third kappa shape index (κ3) is 1.24. The lowest BCUT2D eigenvalue weighted by molar-refractivity contribution is -0.0593. The standard InChI is InChI=1S/C3H2F3N3/c4-3(5,6)2-1-7-9-8-2/h1H2. The van der Waals surface area contributed by atoms with E-state index in [9.17, 15) is 13.2 Å². The Morgan fingerprint density at radius 1 is 1.33 bits per heavy atom. The van der Waals surface area contributed by atoms with Crippen LogP contribution in [0.15, 0.2) is 15.4 Å². The molecule has 0 bridgehead atoms. The van der Waals surface area contributed by atoms with E-state index in [2.05, 4.69) is 15.4 Å². The van der Waals surface area contributed by atoms with Gasteiger partial charge in [0.2, 0.25) is 0 Å². The molecule has 1 heterocycles. The van der Waals surface area contributed by atoms with Gasteiger partial charge in [-0.3, -0.25) is 0 Å². The fourth-order valence-corrected chi connectivity index (χ4v) is 0.362. The van der Waals surface area contributed by atoms with Gasteiger partial charge in [-0.2, -0.15) is 18.3 Å². The third-order valence-electron chi connectivity index (χ3n) is 0.776. The molecule has 0 fully saturated rings. The normalized spacial score (nSPS) is 18.3. The highest BCUT2D eigenvalue weighted by atomic mass is 19.4. The van der Waals surface area contributed by atoms with E-state index in [1.807, 2.05) is 0 Å². The van der Waals surface area contributed by atoms with E-state index in [0.717, 1.165) is 0 Å². The summed E-state index contributed by atoms with van der Waals surface area (Å²) in [5, 5.41) is 8.61. The maximum atomic E-state index is 11.5. The highest BCUT2D eigenvalue weighted by molar-refractivity contribution is 5.92. The SMILES string of the molecule is FC(F)(F)C1=NN=NC1. The summed E-state index contributed by atoms with van der Waals surface area (Å²) in [6.45, 7) is -0.441. The molecule has 0 saturated heterocycles. The van der Waals surface area contributed by atoms with E-state index in [0.29, 0.717) is 0 Å². The average molecular weight is 137 g/mol. The van der Waals surface area contributed by atoms with Crippen molar-refractivity contribution in [2.45, 2.75) is 6.18 Å². The third-order valence-corrected chi connectivity index (χ3v) is 0.776. The van der Waals surface area contributed by atoms with Gasteiger partial charge >= 0.3 is 6.18 Å². The van der Waals surface area contributed by atoms with Crippen LogP contribution in [0.4, 0.5) is 13.2 Å². The highest BCUT2D eigenvalue weighted by Crippen LogP contribution is 2.19. The molecule has 1 aliphatic heterocycles. The van der Waals surface area contributed by atoms with Crippen LogP contribution in [0.5, 0.6) is 0 Å². The van der Waals surface area contributed by atoms with Crippen LogP contribution in [0.1, 0.15) is 0 Å². The van der Waals surface area contributed by atoms with E-state index in [4.69, 9.17) is 0 Å². The van der Waals surface area contributed by atoms with Crippen LogP contribution in [0.25, 0.3) is 0 Å². The van der Waals surface area contributed by atoms with E-state index < -0.39 is 18.4 Å². The minimum absolute atomic E-state index is 0.441. The van der Waals surface area contributed by atoms with E-state index >= 15 is 0 Å². The van der Waals surface area contributed by atoms with Crippen molar-refractivity contribution in [1.29, 1.82) is 0 Å². The van der Waals surface area contributed by atoms with E-state index in [1.165, 1.54) is 0 Å². The molecule has 0 N–H and O–H groups in total. The van der Waals surface area contributed by atoms with Crippen molar-refractivity contribution >= 4 is 5.71 Å². The minimum atomic E-state index is -4.36. The van der Waals surface area contributed by atoms with Crippen LogP contribution < -0.4 is 0 Å². The molecule has 0 saturated carbocycles. The van der Waals surface area contributed by atoms with E-state index in [1.54, 1.807) is 0 Å². The van der Waals surface area contributed by atoms with Crippen LogP contribution in [-0.2, 0) is 0 Å². The van der Waals surface area contributed by atoms with Crippen molar-refractivity contribution in [1.82, 2.24) is 0 Å². The summed E-state index contributed by atoms with van der Waals surface area (Å²) in [6.07, 6.45) is -4.36. The van der Waals surface area contributed by atoms with Crippen molar-refractivity contribution < 1.29 is 13.2 Å². The first kappa shape index (κ1) is 6.18. The van der Waals surface area contributed by atoms with Gasteiger partial charge in [-0.25, -0.2) is 0 Å².